The number of amidine groups is 1. The van der Waals surface area contributed by atoms with Crippen LogP contribution in [0.3, 0.4) is 0 Å². The second-order valence-electron chi connectivity index (χ2n) is 3.59. The van der Waals surface area contributed by atoms with Crippen LogP contribution in [-0.4, -0.2) is 15.7 Å². The van der Waals surface area contributed by atoms with Crippen molar-refractivity contribution in [1.82, 2.24) is 4.98 Å². The van der Waals surface area contributed by atoms with Crippen LogP contribution < -0.4 is 5.43 Å². The van der Waals surface area contributed by atoms with Gasteiger partial charge in [0.2, 0.25) is 5.13 Å². The third-order valence-electron chi connectivity index (χ3n) is 2.12. The molecule has 0 aliphatic carbocycles. The molecule has 0 radical (unpaired) electrons. The van der Waals surface area contributed by atoms with Crippen molar-refractivity contribution in [3.63, 3.8) is 0 Å². The molecule has 0 unspecified atom stereocenters. The molecular weight excluding hydrogens is 280 g/mol. The molecule has 0 aliphatic rings. The monoisotopic (exact) mass is 290 g/mol. The molecule has 2 rings (SSSR count). The van der Waals surface area contributed by atoms with Gasteiger partial charge in [-0.15, -0.1) is 21.6 Å². The van der Waals surface area contributed by atoms with Crippen LogP contribution in [0.4, 0.5) is 16.5 Å². The summed E-state index contributed by atoms with van der Waals surface area (Å²) in [5, 5.41) is 24.6. The van der Waals surface area contributed by atoms with Gasteiger partial charge in [0.05, 0.1) is 10.6 Å². The average molecular weight is 290 g/mol. The summed E-state index contributed by atoms with van der Waals surface area (Å²) in [6.45, 7) is 1.68. The number of rotatable bonds is 4. The van der Waals surface area contributed by atoms with E-state index in [0.29, 0.717) is 16.7 Å². The number of nitro benzene ring substituents is 1. The van der Waals surface area contributed by atoms with E-state index in [1.165, 1.54) is 23.5 Å². The summed E-state index contributed by atoms with van der Waals surface area (Å²) in [6, 6.07) is 5.91. The van der Waals surface area contributed by atoms with E-state index in [4.69, 9.17) is 0 Å². The maximum atomic E-state index is 10.5. The zero-order valence-corrected chi connectivity index (χ0v) is 11.2. The highest BCUT2D eigenvalue weighted by molar-refractivity contribution is 7.13. The molecule has 102 valence electrons. The number of non-ortho nitro benzene ring substituents is 1. The van der Waals surface area contributed by atoms with Gasteiger partial charge in [-0.05, 0) is 19.1 Å². The van der Waals surface area contributed by atoms with Crippen molar-refractivity contribution in [2.75, 3.05) is 5.43 Å². The van der Waals surface area contributed by atoms with Crippen LogP contribution in [-0.2, 0) is 0 Å². The van der Waals surface area contributed by atoms with Crippen LogP contribution in [0.1, 0.15) is 6.92 Å². The van der Waals surface area contributed by atoms with Gasteiger partial charge in [0.1, 0.15) is 0 Å². The Kier molecular flexibility index (Phi) is 4.45. The zero-order valence-electron chi connectivity index (χ0n) is 10.4. The van der Waals surface area contributed by atoms with Gasteiger partial charge in [-0.1, -0.05) is 0 Å². The highest BCUT2D eigenvalue weighted by Gasteiger charge is 2.03. The van der Waals surface area contributed by atoms with Crippen molar-refractivity contribution in [1.29, 1.82) is 0 Å². The molecule has 0 saturated heterocycles. The van der Waals surface area contributed by atoms with Crippen LogP contribution in [0.25, 0.3) is 0 Å². The van der Waals surface area contributed by atoms with Crippen molar-refractivity contribution in [3.05, 3.63) is 46.0 Å². The Morgan fingerprint density at radius 2 is 2.15 bits per heavy atom. The lowest BCUT2D eigenvalue weighted by Crippen LogP contribution is -1.94. The first-order valence-corrected chi connectivity index (χ1v) is 6.39. The minimum Gasteiger partial charge on any atom is -0.277 e. The number of anilines is 1. The Balaban J connectivity index is 1.96. The largest absolute Gasteiger partial charge is 0.277 e. The van der Waals surface area contributed by atoms with Gasteiger partial charge in [-0.25, -0.2) is 4.98 Å². The number of nitrogens with zero attached hydrogens (tertiary/aromatic N) is 5. The highest BCUT2D eigenvalue weighted by atomic mass is 32.1. The average Bonchev–Trinajstić information content (AvgIpc) is 2.96. The Morgan fingerprint density at radius 3 is 2.75 bits per heavy atom. The van der Waals surface area contributed by atoms with Crippen LogP contribution in [0, 0.1) is 10.1 Å². The summed E-state index contributed by atoms with van der Waals surface area (Å²) < 4.78 is 0. The number of thiazole rings is 1. The predicted molar refractivity (Wildman–Crippen MR) is 76.5 cm³/mol. The number of azo groups is 1. The first kappa shape index (κ1) is 13.7. The number of benzene rings is 1. The molecule has 1 aromatic carbocycles. The summed E-state index contributed by atoms with van der Waals surface area (Å²) in [5.41, 5.74) is 3.39. The second-order valence-corrected chi connectivity index (χ2v) is 4.46. The lowest BCUT2D eigenvalue weighted by atomic mass is 10.3. The molecule has 0 fully saturated rings. The molecule has 9 heteroatoms. The Hall–Kier alpha value is -2.68. The van der Waals surface area contributed by atoms with Crippen LogP contribution in [0.5, 0.6) is 0 Å². The van der Waals surface area contributed by atoms with Gasteiger partial charge in [0, 0.05) is 23.7 Å². The molecule has 0 bridgehead atoms. The molecule has 1 N–H and O–H groups in total. The van der Waals surface area contributed by atoms with Gasteiger partial charge in [-0.2, -0.15) is 5.10 Å². The minimum absolute atomic E-state index is 0.0275. The fourth-order valence-electron chi connectivity index (χ4n) is 1.21. The number of nitrogens with one attached hydrogen (secondary N) is 1. The number of hydrogen-bond donors (Lipinski definition) is 1. The van der Waals surface area contributed by atoms with E-state index >= 15 is 0 Å². The normalized spacial score (nSPS) is 11.8. The third kappa shape index (κ3) is 3.92. The molecule has 2 aromatic rings. The fraction of sp³-hybridized carbons (Fsp3) is 0.0909. The van der Waals surface area contributed by atoms with Crippen molar-refractivity contribution in [3.8, 4) is 0 Å². The standard InChI is InChI=1S/C11H10N6O2S/c1-8(14-16-11-12-6-7-20-11)13-15-9-2-4-10(5-3-9)17(18)19/h2-7,15H,1H3. The maximum absolute atomic E-state index is 10.5. The Labute approximate surface area is 118 Å². The number of hydrazone groups is 1. The zero-order chi connectivity index (χ0) is 14.4. The highest BCUT2D eigenvalue weighted by Crippen LogP contribution is 2.16. The van der Waals surface area contributed by atoms with Gasteiger partial charge in [-0.3, -0.25) is 15.5 Å². The number of aromatic nitrogens is 1. The van der Waals surface area contributed by atoms with Gasteiger partial charge in [0.25, 0.3) is 5.69 Å². The van der Waals surface area contributed by atoms with Crippen LogP contribution in [0.2, 0.25) is 0 Å². The van der Waals surface area contributed by atoms with Crippen molar-refractivity contribution < 1.29 is 4.92 Å². The summed E-state index contributed by atoms with van der Waals surface area (Å²) in [6.07, 6.45) is 1.64. The summed E-state index contributed by atoms with van der Waals surface area (Å²) in [7, 11) is 0. The topological polar surface area (TPSA) is 105 Å². The molecule has 0 saturated carbocycles. The van der Waals surface area contributed by atoms with E-state index in [-0.39, 0.29) is 5.69 Å². The Morgan fingerprint density at radius 1 is 1.40 bits per heavy atom. The first-order valence-electron chi connectivity index (χ1n) is 5.51. The van der Waals surface area contributed by atoms with Gasteiger partial charge in [0.15, 0.2) is 5.84 Å². The number of hydrogen-bond acceptors (Lipinski definition) is 7. The number of nitro groups is 1. The van der Waals surface area contributed by atoms with Crippen molar-refractivity contribution in [2.24, 2.45) is 15.3 Å². The maximum Gasteiger partial charge on any atom is 0.269 e. The van der Waals surface area contributed by atoms with E-state index in [1.54, 1.807) is 30.6 Å². The van der Waals surface area contributed by atoms with Crippen molar-refractivity contribution in [2.45, 2.75) is 6.92 Å². The molecular formula is C11H10N6O2S. The molecule has 1 heterocycles. The molecule has 20 heavy (non-hydrogen) atoms. The first-order chi connectivity index (χ1) is 9.65. The van der Waals surface area contributed by atoms with E-state index in [2.05, 4.69) is 25.7 Å². The third-order valence-corrected chi connectivity index (χ3v) is 2.78. The summed E-state index contributed by atoms with van der Waals surface area (Å²) >= 11 is 1.37. The van der Waals surface area contributed by atoms with Gasteiger partial charge >= 0.3 is 0 Å². The summed E-state index contributed by atoms with van der Waals surface area (Å²) in [5.74, 6) is 0.415. The van der Waals surface area contributed by atoms with Gasteiger partial charge < -0.3 is 0 Å². The van der Waals surface area contributed by atoms with E-state index < -0.39 is 4.92 Å². The van der Waals surface area contributed by atoms with Crippen LogP contribution >= 0.6 is 11.3 Å². The van der Waals surface area contributed by atoms with E-state index in [9.17, 15) is 10.1 Å². The lowest BCUT2D eigenvalue weighted by Gasteiger charge is -1.99. The van der Waals surface area contributed by atoms with Crippen molar-refractivity contribution >= 4 is 33.7 Å². The lowest BCUT2D eigenvalue weighted by molar-refractivity contribution is -0.384. The smallest absolute Gasteiger partial charge is 0.269 e. The van der Waals surface area contributed by atoms with Crippen LogP contribution in [0.15, 0.2) is 51.2 Å². The fourth-order valence-corrected chi connectivity index (χ4v) is 1.66. The molecule has 0 aliphatic heterocycles. The quantitative estimate of drug-likeness (QED) is 0.305. The van der Waals surface area contributed by atoms with E-state index in [1.807, 2.05) is 0 Å². The molecule has 8 nitrogen and oxygen atoms in total. The minimum atomic E-state index is -0.458. The Bertz CT molecular complexity index is 635. The molecule has 1 aromatic heterocycles. The van der Waals surface area contributed by atoms with E-state index in [0.717, 1.165) is 0 Å². The molecule has 0 amide bonds. The summed E-state index contributed by atoms with van der Waals surface area (Å²) in [4.78, 5) is 14.0. The molecule has 0 atom stereocenters. The second kappa shape index (κ2) is 6.48. The SMILES string of the molecule is CC(N=Nc1nccs1)=NNc1ccc([N+](=O)[O-])cc1. The molecule has 0 spiro atoms. The predicted octanol–water partition coefficient (Wildman–Crippen LogP) is 3.58.